The van der Waals surface area contributed by atoms with E-state index in [-0.39, 0.29) is 17.5 Å². The number of nitrogens with one attached hydrogen (secondary N) is 1. The second-order valence-electron chi connectivity index (χ2n) is 8.57. The molecule has 0 aliphatic rings. The van der Waals surface area contributed by atoms with Gasteiger partial charge in [-0.15, -0.1) is 0 Å². The number of alkyl halides is 3. The summed E-state index contributed by atoms with van der Waals surface area (Å²) in [5.41, 5.74) is 2.75. The maximum atomic E-state index is 13.5. The minimum Gasteiger partial charge on any atom is -0.480 e. The number of hydrogen-bond donors (Lipinski definition) is 2. The monoisotopic (exact) mass is 495 g/mol. The summed E-state index contributed by atoms with van der Waals surface area (Å²) in [4.78, 5) is 15.5. The number of benzene rings is 3. The van der Waals surface area contributed by atoms with Crippen molar-refractivity contribution in [1.82, 2.24) is 15.5 Å². The summed E-state index contributed by atoms with van der Waals surface area (Å²) in [7, 11) is 0. The highest BCUT2D eigenvalue weighted by Crippen LogP contribution is 2.38. The Balaban J connectivity index is 1.56. The van der Waals surface area contributed by atoms with E-state index < -0.39 is 23.8 Å². The summed E-state index contributed by atoms with van der Waals surface area (Å²) in [6.45, 7) is 5.19. The molecule has 186 valence electrons. The molecule has 6 nitrogen and oxygen atoms in total. The van der Waals surface area contributed by atoms with Gasteiger partial charge in [0.2, 0.25) is 5.82 Å². The van der Waals surface area contributed by atoms with E-state index in [4.69, 9.17) is 9.63 Å². The van der Waals surface area contributed by atoms with Crippen molar-refractivity contribution < 1.29 is 27.6 Å². The number of halogens is 3. The van der Waals surface area contributed by atoms with Crippen LogP contribution in [0.15, 0.2) is 71.3 Å². The molecule has 3 aromatic carbocycles. The molecule has 1 aromatic heterocycles. The average Bonchev–Trinajstić information content (AvgIpc) is 3.34. The molecule has 0 spiro atoms. The zero-order valence-electron chi connectivity index (χ0n) is 19.8. The first kappa shape index (κ1) is 25.1. The lowest BCUT2D eigenvalue weighted by atomic mass is 9.94. The van der Waals surface area contributed by atoms with Crippen molar-refractivity contribution in [2.75, 3.05) is 0 Å². The summed E-state index contributed by atoms with van der Waals surface area (Å²) in [5.74, 6) is -0.316. The fourth-order valence-corrected chi connectivity index (χ4v) is 3.99. The molecule has 2 N–H and O–H groups in total. The summed E-state index contributed by atoms with van der Waals surface area (Å²) < 4.78 is 45.8. The first-order valence-corrected chi connectivity index (χ1v) is 11.2. The smallest absolute Gasteiger partial charge is 0.417 e. The van der Waals surface area contributed by atoms with Crippen LogP contribution in [-0.4, -0.2) is 27.3 Å². The molecule has 4 rings (SSSR count). The van der Waals surface area contributed by atoms with Crippen LogP contribution >= 0.6 is 0 Å². The maximum Gasteiger partial charge on any atom is 0.417 e. The SMILES string of the molecule is Cc1cc(-c2nc(-c3ccc(C(C)N[C@@H](C)C(=O)O)cc3)no2)ccc1-c1ccccc1C(F)(F)F. The maximum absolute atomic E-state index is 13.5. The van der Waals surface area contributed by atoms with E-state index in [1.807, 2.05) is 31.2 Å². The fourth-order valence-electron chi connectivity index (χ4n) is 3.99. The highest BCUT2D eigenvalue weighted by molar-refractivity contribution is 5.74. The summed E-state index contributed by atoms with van der Waals surface area (Å²) in [6.07, 6.45) is -4.46. The summed E-state index contributed by atoms with van der Waals surface area (Å²) in [5, 5.41) is 16.1. The molecule has 0 saturated carbocycles. The predicted octanol–water partition coefficient (Wildman–Crippen LogP) is 6.52. The number of carbonyl (C=O) groups is 1. The van der Waals surface area contributed by atoms with Gasteiger partial charge in [-0.2, -0.15) is 18.2 Å². The van der Waals surface area contributed by atoms with E-state index in [0.29, 0.717) is 28.1 Å². The number of aliphatic carboxylic acids is 1. The van der Waals surface area contributed by atoms with Crippen molar-refractivity contribution in [3.8, 4) is 34.0 Å². The van der Waals surface area contributed by atoms with Crippen molar-refractivity contribution in [3.63, 3.8) is 0 Å². The number of aromatic nitrogens is 2. The zero-order chi connectivity index (χ0) is 26.0. The van der Waals surface area contributed by atoms with Gasteiger partial charge in [-0.05, 0) is 61.2 Å². The molecule has 0 bridgehead atoms. The Morgan fingerprint density at radius 2 is 1.64 bits per heavy atom. The Morgan fingerprint density at radius 3 is 2.28 bits per heavy atom. The van der Waals surface area contributed by atoms with E-state index in [1.54, 1.807) is 38.1 Å². The van der Waals surface area contributed by atoms with Crippen molar-refractivity contribution in [3.05, 3.63) is 83.4 Å². The Hall–Kier alpha value is -3.98. The predicted molar refractivity (Wildman–Crippen MR) is 129 cm³/mol. The number of nitrogens with zero attached hydrogens (tertiary/aromatic N) is 2. The van der Waals surface area contributed by atoms with Crippen LogP contribution in [-0.2, 0) is 11.0 Å². The molecule has 0 aliphatic heterocycles. The van der Waals surface area contributed by atoms with Gasteiger partial charge in [-0.25, -0.2) is 0 Å². The van der Waals surface area contributed by atoms with Gasteiger partial charge >= 0.3 is 12.1 Å². The first-order chi connectivity index (χ1) is 17.0. The topological polar surface area (TPSA) is 88.2 Å². The molecule has 36 heavy (non-hydrogen) atoms. The van der Waals surface area contributed by atoms with Gasteiger partial charge in [0.1, 0.15) is 6.04 Å². The Labute approximate surface area is 205 Å². The molecular formula is C27H24F3N3O3. The molecule has 0 fully saturated rings. The second kappa shape index (κ2) is 9.94. The van der Waals surface area contributed by atoms with Crippen LogP contribution in [0.4, 0.5) is 13.2 Å². The lowest BCUT2D eigenvalue weighted by Gasteiger charge is -2.17. The van der Waals surface area contributed by atoms with Crippen LogP contribution in [0.5, 0.6) is 0 Å². The first-order valence-electron chi connectivity index (χ1n) is 11.2. The number of rotatable bonds is 7. The van der Waals surface area contributed by atoms with Crippen LogP contribution in [0, 0.1) is 6.92 Å². The molecule has 0 amide bonds. The molecular weight excluding hydrogens is 471 g/mol. The van der Waals surface area contributed by atoms with Crippen molar-refractivity contribution in [2.45, 2.75) is 39.0 Å². The van der Waals surface area contributed by atoms with E-state index in [1.165, 1.54) is 12.1 Å². The summed E-state index contributed by atoms with van der Waals surface area (Å²) in [6, 6.07) is 17.0. The molecule has 2 atom stereocenters. The molecule has 1 unspecified atom stereocenters. The third-order valence-corrected chi connectivity index (χ3v) is 5.96. The normalized spacial score (nSPS) is 13.4. The lowest BCUT2D eigenvalue weighted by molar-refractivity contribution is -0.139. The standard InChI is InChI=1S/C27H24F3N3O3/c1-15-14-20(12-13-21(15)22-6-4-5-7-23(22)27(28,29)30)25-32-24(33-36-25)19-10-8-18(9-11-19)16(2)31-17(3)26(34)35/h4-14,16-17,31H,1-3H3,(H,34,35)/t16?,17-/m0/s1. The molecule has 9 heteroatoms. The van der Waals surface area contributed by atoms with Crippen molar-refractivity contribution >= 4 is 5.97 Å². The molecule has 0 aliphatic carbocycles. The van der Waals surface area contributed by atoms with E-state index in [2.05, 4.69) is 15.5 Å². The van der Waals surface area contributed by atoms with Crippen LogP contribution in [0.25, 0.3) is 34.0 Å². The molecule has 1 heterocycles. The van der Waals surface area contributed by atoms with E-state index in [9.17, 15) is 18.0 Å². The van der Waals surface area contributed by atoms with E-state index in [0.717, 1.165) is 11.6 Å². The quantitative estimate of drug-likeness (QED) is 0.303. The van der Waals surface area contributed by atoms with Crippen LogP contribution in [0.1, 0.15) is 36.6 Å². The summed E-state index contributed by atoms with van der Waals surface area (Å²) >= 11 is 0. The number of carboxylic acids is 1. The average molecular weight is 496 g/mol. The van der Waals surface area contributed by atoms with Crippen LogP contribution < -0.4 is 5.32 Å². The Bertz CT molecular complexity index is 1380. The van der Waals surface area contributed by atoms with Gasteiger partial charge < -0.3 is 9.63 Å². The molecule has 0 radical (unpaired) electrons. The minimum atomic E-state index is -4.46. The van der Waals surface area contributed by atoms with Crippen molar-refractivity contribution in [2.24, 2.45) is 0 Å². The number of carboxylic acid groups (broad SMARTS) is 1. The molecule has 0 saturated heterocycles. The van der Waals surface area contributed by atoms with Crippen LogP contribution in [0.2, 0.25) is 0 Å². The lowest BCUT2D eigenvalue weighted by Crippen LogP contribution is -2.35. The third-order valence-electron chi connectivity index (χ3n) is 5.96. The van der Waals surface area contributed by atoms with Crippen molar-refractivity contribution in [1.29, 1.82) is 0 Å². The largest absolute Gasteiger partial charge is 0.480 e. The Morgan fingerprint density at radius 1 is 0.972 bits per heavy atom. The van der Waals surface area contributed by atoms with Gasteiger partial charge in [0, 0.05) is 17.2 Å². The Kier molecular flexibility index (Phi) is 6.94. The van der Waals surface area contributed by atoms with Gasteiger partial charge in [0.05, 0.1) is 5.56 Å². The third kappa shape index (κ3) is 5.31. The van der Waals surface area contributed by atoms with Gasteiger partial charge in [0.25, 0.3) is 5.89 Å². The van der Waals surface area contributed by atoms with Gasteiger partial charge in [-0.1, -0.05) is 53.7 Å². The minimum absolute atomic E-state index is 0.113. The van der Waals surface area contributed by atoms with Gasteiger partial charge in [0.15, 0.2) is 0 Å². The van der Waals surface area contributed by atoms with E-state index >= 15 is 0 Å². The van der Waals surface area contributed by atoms with Crippen LogP contribution in [0.3, 0.4) is 0 Å². The highest BCUT2D eigenvalue weighted by Gasteiger charge is 2.33. The highest BCUT2D eigenvalue weighted by atomic mass is 19.4. The van der Waals surface area contributed by atoms with Gasteiger partial charge in [-0.3, -0.25) is 10.1 Å². The second-order valence-corrected chi connectivity index (χ2v) is 8.57. The zero-order valence-corrected chi connectivity index (χ0v) is 19.8. The molecule has 4 aromatic rings. The fraction of sp³-hybridized carbons (Fsp3) is 0.222. The number of aryl methyl sites for hydroxylation is 1. The number of hydrogen-bond acceptors (Lipinski definition) is 5.